The number of halogens is 1. The Hall–Kier alpha value is -1.84. The predicted octanol–water partition coefficient (Wildman–Crippen LogP) is 4.61. The number of rotatable bonds is 9. The number of hydrogen-bond donors (Lipinski definition) is 0. The predicted molar refractivity (Wildman–Crippen MR) is 131 cm³/mol. The van der Waals surface area contributed by atoms with Gasteiger partial charge in [0.1, 0.15) is 4.90 Å². The van der Waals surface area contributed by atoms with Crippen molar-refractivity contribution >= 4 is 46.7 Å². The van der Waals surface area contributed by atoms with Crippen molar-refractivity contribution in [1.29, 1.82) is 0 Å². The van der Waals surface area contributed by atoms with Crippen molar-refractivity contribution in [2.75, 3.05) is 0 Å². The quantitative estimate of drug-likeness (QED) is 0.299. The number of hydrogen-bond acceptors (Lipinski definition) is 4. The second kappa shape index (κ2) is 10.5. The van der Waals surface area contributed by atoms with E-state index in [1.54, 1.807) is 39.3 Å². The smallest absolute Gasteiger partial charge is 0.244 e. The molecule has 0 N–H and O–H groups in total. The standard InChI is InChI=1S/C21H23B2IN2O3S/c1-22(16-18-10-5-3-6-11-18)26(23(2)17-19-12-7-4-8-13-19)30(27,28)20-14-9-15-25-21(20)29-24/h3-15H,16-17H2,1-2H3. The summed E-state index contributed by atoms with van der Waals surface area (Å²) < 4.78 is 34.4. The molecule has 0 radical (unpaired) electrons. The van der Waals surface area contributed by atoms with Crippen LogP contribution in [0.5, 0.6) is 5.88 Å². The number of benzene rings is 2. The Bertz CT molecular complexity index is 1010. The van der Waals surface area contributed by atoms with Crippen LogP contribution in [-0.2, 0) is 22.7 Å². The number of sulfonamides is 1. The summed E-state index contributed by atoms with van der Waals surface area (Å²) >= 11 is 1.67. The molecule has 0 aliphatic rings. The normalized spacial score (nSPS) is 11.3. The Kier molecular flexibility index (Phi) is 7.96. The first kappa shape index (κ1) is 22.8. The van der Waals surface area contributed by atoms with Crippen molar-refractivity contribution in [3.63, 3.8) is 0 Å². The van der Waals surface area contributed by atoms with Gasteiger partial charge in [0.2, 0.25) is 29.6 Å². The Morgan fingerprint density at radius 2 is 1.37 bits per heavy atom. The maximum absolute atomic E-state index is 13.8. The van der Waals surface area contributed by atoms with Crippen LogP contribution in [0.25, 0.3) is 0 Å². The zero-order chi connectivity index (χ0) is 21.6. The minimum Gasteiger partial charge on any atom is -0.407 e. The summed E-state index contributed by atoms with van der Waals surface area (Å²) in [4.78, 5) is 4.18. The first-order valence-corrected chi connectivity index (χ1v) is 12.1. The van der Waals surface area contributed by atoms with Gasteiger partial charge in [-0.25, -0.2) is 13.4 Å². The van der Waals surface area contributed by atoms with E-state index in [-0.39, 0.29) is 24.5 Å². The van der Waals surface area contributed by atoms with Crippen LogP contribution in [0.1, 0.15) is 11.1 Å². The molecule has 0 saturated heterocycles. The SMILES string of the molecule is CB(Cc1ccccc1)N(B(C)Cc1ccccc1)S(=O)(=O)c1cccnc1OI. The van der Waals surface area contributed by atoms with E-state index in [1.807, 2.05) is 74.3 Å². The minimum absolute atomic E-state index is 0.0826. The van der Waals surface area contributed by atoms with Crippen molar-refractivity contribution in [2.24, 2.45) is 0 Å². The Labute approximate surface area is 193 Å². The highest BCUT2D eigenvalue weighted by Crippen LogP contribution is 2.28. The average molecular weight is 532 g/mol. The average Bonchev–Trinajstić information content (AvgIpc) is 2.75. The fraction of sp³-hybridized carbons (Fsp3) is 0.190. The number of aromatic nitrogens is 1. The van der Waals surface area contributed by atoms with E-state index in [1.165, 1.54) is 6.20 Å². The molecule has 0 unspecified atom stereocenters. The van der Waals surface area contributed by atoms with E-state index in [4.69, 9.17) is 3.07 Å². The lowest BCUT2D eigenvalue weighted by molar-refractivity contribution is 0.565. The van der Waals surface area contributed by atoms with Crippen LogP contribution in [0.2, 0.25) is 13.6 Å². The van der Waals surface area contributed by atoms with Gasteiger partial charge in [-0.3, -0.25) is 4.13 Å². The third-order valence-electron chi connectivity index (χ3n) is 4.98. The molecule has 0 bridgehead atoms. The molecule has 5 nitrogen and oxygen atoms in total. The number of pyridine rings is 1. The monoisotopic (exact) mass is 532 g/mol. The van der Waals surface area contributed by atoms with Crippen LogP contribution < -0.4 is 3.07 Å². The molecule has 9 heteroatoms. The zero-order valence-electron chi connectivity index (χ0n) is 17.0. The summed E-state index contributed by atoms with van der Waals surface area (Å²) in [5.74, 6) is 0.0990. The summed E-state index contributed by atoms with van der Waals surface area (Å²) in [7, 11) is -3.84. The second-order valence-electron chi connectivity index (χ2n) is 7.30. The highest BCUT2D eigenvalue weighted by atomic mass is 127. The highest BCUT2D eigenvalue weighted by molar-refractivity contribution is 14.1. The molecule has 154 valence electrons. The Morgan fingerprint density at radius 1 is 0.867 bits per heavy atom. The third kappa shape index (κ3) is 5.44. The molecule has 0 fully saturated rings. The molecule has 0 amide bonds. The van der Waals surface area contributed by atoms with E-state index in [9.17, 15) is 8.42 Å². The van der Waals surface area contributed by atoms with Crippen molar-refractivity contribution in [3.8, 4) is 5.88 Å². The highest BCUT2D eigenvalue weighted by Gasteiger charge is 2.38. The molecule has 0 aliphatic heterocycles. The lowest BCUT2D eigenvalue weighted by Gasteiger charge is -2.31. The maximum atomic E-state index is 13.8. The summed E-state index contributed by atoms with van der Waals surface area (Å²) in [6.07, 6.45) is 2.75. The van der Waals surface area contributed by atoms with Gasteiger partial charge in [0.15, 0.2) is 23.0 Å². The molecule has 2 aromatic carbocycles. The van der Waals surface area contributed by atoms with Gasteiger partial charge in [-0.2, -0.15) is 0 Å². The first-order valence-electron chi connectivity index (χ1n) is 9.78. The van der Waals surface area contributed by atoms with E-state index in [0.717, 1.165) is 11.1 Å². The minimum atomic E-state index is -3.84. The molecule has 0 aliphatic carbocycles. The maximum Gasteiger partial charge on any atom is 0.244 e. The Morgan fingerprint density at radius 3 is 1.83 bits per heavy atom. The van der Waals surface area contributed by atoms with Crippen LogP contribution in [-0.4, -0.2) is 31.2 Å². The van der Waals surface area contributed by atoms with Crippen molar-refractivity contribution in [2.45, 2.75) is 31.2 Å². The third-order valence-corrected chi connectivity index (χ3v) is 7.54. The van der Waals surface area contributed by atoms with Gasteiger partial charge in [-0.05, 0) is 24.8 Å². The molecule has 3 aromatic rings. The van der Waals surface area contributed by atoms with Gasteiger partial charge in [-0.15, -0.1) is 0 Å². The summed E-state index contributed by atoms with van der Waals surface area (Å²) in [6.45, 7) is 3.40. The van der Waals surface area contributed by atoms with E-state index < -0.39 is 10.0 Å². The van der Waals surface area contributed by atoms with E-state index in [2.05, 4.69) is 4.98 Å². The van der Waals surface area contributed by atoms with Crippen LogP contribution in [0, 0.1) is 0 Å². The largest absolute Gasteiger partial charge is 0.407 e. The van der Waals surface area contributed by atoms with Crippen LogP contribution in [0.15, 0.2) is 83.9 Å². The zero-order valence-corrected chi connectivity index (χ0v) is 20.0. The molecule has 1 heterocycles. The second-order valence-corrected chi connectivity index (χ2v) is 9.55. The molecule has 3 rings (SSSR count). The number of nitrogens with zero attached hydrogens (tertiary/aromatic N) is 2. The van der Waals surface area contributed by atoms with Gasteiger partial charge in [0.25, 0.3) is 0 Å². The van der Waals surface area contributed by atoms with Crippen LogP contribution >= 0.6 is 23.0 Å². The van der Waals surface area contributed by atoms with Gasteiger partial charge < -0.3 is 3.07 Å². The molecule has 30 heavy (non-hydrogen) atoms. The summed E-state index contributed by atoms with van der Waals surface area (Å²) in [5, 5.41) is 0. The van der Waals surface area contributed by atoms with Gasteiger partial charge in [0.05, 0.1) is 0 Å². The van der Waals surface area contributed by atoms with Crippen molar-refractivity contribution in [3.05, 3.63) is 90.1 Å². The summed E-state index contributed by atoms with van der Waals surface area (Å²) in [5.41, 5.74) is 2.18. The topological polar surface area (TPSA) is 59.5 Å². The Balaban J connectivity index is 1.99. The molecular formula is C21H23B2IN2O3S. The molecule has 0 spiro atoms. The fourth-order valence-corrected chi connectivity index (χ4v) is 6.13. The van der Waals surface area contributed by atoms with Crippen LogP contribution in [0.4, 0.5) is 0 Å². The first-order chi connectivity index (χ1) is 14.4. The summed E-state index contributed by atoms with van der Waals surface area (Å²) in [6, 6.07) is 23.0. The molecule has 0 atom stereocenters. The van der Waals surface area contributed by atoms with Gasteiger partial charge in [0, 0.05) is 6.20 Å². The van der Waals surface area contributed by atoms with Gasteiger partial charge in [-0.1, -0.05) is 85.4 Å². The van der Waals surface area contributed by atoms with E-state index in [0.29, 0.717) is 12.6 Å². The lowest BCUT2D eigenvalue weighted by Crippen LogP contribution is -2.52. The van der Waals surface area contributed by atoms with Crippen molar-refractivity contribution in [1.82, 2.24) is 9.11 Å². The fourth-order valence-electron chi connectivity index (χ4n) is 3.74. The lowest BCUT2D eigenvalue weighted by atomic mass is 9.48. The molecule has 0 saturated carbocycles. The van der Waals surface area contributed by atoms with Crippen LogP contribution in [0.3, 0.4) is 0 Å². The molecular weight excluding hydrogens is 509 g/mol. The van der Waals surface area contributed by atoms with E-state index >= 15 is 0 Å². The van der Waals surface area contributed by atoms with Crippen molar-refractivity contribution < 1.29 is 11.5 Å². The van der Waals surface area contributed by atoms with Gasteiger partial charge >= 0.3 is 0 Å². The molecule has 1 aromatic heterocycles.